The van der Waals surface area contributed by atoms with Crippen LogP contribution in [-0.2, 0) is 18.3 Å². The summed E-state index contributed by atoms with van der Waals surface area (Å²) >= 11 is 0. The van der Waals surface area contributed by atoms with E-state index in [1.54, 1.807) is 0 Å². The topological polar surface area (TPSA) is 59.0 Å². The summed E-state index contributed by atoms with van der Waals surface area (Å²) in [5.74, 6) is 0.114. The molecule has 1 aliphatic carbocycles. The number of nitrogens with zero attached hydrogens (tertiary/aromatic N) is 2. The molecule has 5 nitrogen and oxygen atoms in total. The van der Waals surface area contributed by atoms with Gasteiger partial charge in [-0.2, -0.15) is 5.10 Å². The SMILES string of the molecule is CNCC(C)C(=O)NC1CCCc2c1cnn2C.Cl. The summed E-state index contributed by atoms with van der Waals surface area (Å²) < 4.78 is 1.92. The molecule has 6 heteroatoms. The van der Waals surface area contributed by atoms with Gasteiger partial charge in [-0.25, -0.2) is 0 Å². The number of hydrogen-bond donors (Lipinski definition) is 2. The third-order valence-electron chi connectivity index (χ3n) is 3.65. The van der Waals surface area contributed by atoms with Gasteiger partial charge in [0.25, 0.3) is 0 Å². The van der Waals surface area contributed by atoms with E-state index in [4.69, 9.17) is 0 Å². The van der Waals surface area contributed by atoms with Crippen molar-refractivity contribution in [3.8, 4) is 0 Å². The summed E-state index contributed by atoms with van der Waals surface area (Å²) in [5, 5.41) is 10.5. The predicted octanol–water partition coefficient (Wildman–Crippen LogP) is 1.19. The lowest BCUT2D eigenvalue weighted by Gasteiger charge is -2.25. The Morgan fingerprint density at radius 1 is 1.63 bits per heavy atom. The van der Waals surface area contributed by atoms with Crippen molar-refractivity contribution in [3.63, 3.8) is 0 Å². The van der Waals surface area contributed by atoms with Gasteiger partial charge in [0.2, 0.25) is 5.91 Å². The van der Waals surface area contributed by atoms with Gasteiger partial charge in [0.1, 0.15) is 0 Å². The Balaban J connectivity index is 0.00000180. The van der Waals surface area contributed by atoms with Crippen LogP contribution in [-0.4, -0.2) is 29.3 Å². The molecule has 2 atom stereocenters. The molecule has 108 valence electrons. The fourth-order valence-corrected chi connectivity index (χ4v) is 2.57. The smallest absolute Gasteiger partial charge is 0.224 e. The van der Waals surface area contributed by atoms with Crippen LogP contribution >= 0.6 is 12.4 Å². The second-order valence-corrected chi connectivity index (χ2v) is 5.08. The van der Waals surface area contributed by atoms with Crippen molar-refractivity contribution in [1.29, 1.82) is 0 Å². The minimum atomic E-state index is -0.00273. The lowest BCUT2D eigenvalue weighted by molar-refractivity contribution is -0.125. The van der Waals surface area contributed by atoms with Crippen molar-refractivity contribution in [2.45, 2.75) is 32.2 Å². The number of carbonyl (C=O) groups excluding carboxylic acids is 1. The largest absolute Gasteiger partial charge is 0.349 e. The van der Waals surface area contributed by atoms with Crippen LogP contribution in [0.3, 0.4) is 0 Å². The highest BCUT2D eigenvalue weighted by Gasteiger charge is 2.25. The van der Waals surface area contributed by atoms with Crippen LogP contribution in [0.4, 0.5) is 0 Å². The van der Waals surface area contributed by atoms with E-state index in [2.05, 4.69) is 15.7 Å². The van der Waals surface area contributed by atoms with Crippen LogP contribution in [0.1, 0.15) is 37.1 Å². The molecule has 0 fully saturated rings. The maximum absolute atomic E-state index is 12.0. The van der Waals surface area contributed by atoms with Gasteiger partial charge in [-0.3, -0.25) is 9.48 Å². The van der Waals surface area contributed by atoms with E-state index in [0.29, 0.717) is 6.54 Å². The van der Waals surface area contributed by atoms with Gasteiger partial charge in [-0.15, -0.1) is 12.4 Å². The van der Waals surface area contributed by atoms with E-state index in [-0.39, 0.29) is 30.3 Å². The van der Waals surface area contributed by atoms with E-state index in [0.717, 1.165) is 19.3 Å². The fraction of sp³-hybridized carbons (Fsp3) is 0.692. The van der Waals surface area contributed by atoms with E-state index in [9.17, 15) is 4.79 Å². The molecule has 1 aromatic rings. The van der Waals surface area contributed by atoms with Crippen LogP contribution in [0.25, 0.3) is 0 Å². The van der Waals surface area contributed by atoms with E-state index in [1.807, 2.05) is 31.9 Å². The molecule has 1 heterocycles. The van der Waals surface area contributed by atoms with Crippen LogP contribution in [0.5, 0.6) is 0 Å². The van der Waals surface area contributed by atoms with Gasteiger partial charge in [0.05, 0.1) is 12.2 Å². The number of aryl methyl sites for hydroxylation is 1. The summed E-state index contributed by atoms with van der Waals surface area (Å²) in [4.78, 5) is 12.0. The zero-order chi connectivity index (χ0) is 13.1. The molecule has 0 bridgehead atoms. The molecule has 2 unspecified atom stereocenters. The highest BCUT2D eigenvalue weighted by Crippen LogP contribution is 2.29. The molecule has 0 saturated heterocycles. The van der Waals surface area contributed by atoms with Crippen LogP contribution in [0.15, 0.2) is 6.20 Å². The third kappa shape index (κ3) is 3.48. The second kappa shape index (κ2) is 6.91. The third-order valence-corrected chi connectivity index (χ3v) is 3.65. The summed E-state index contributed by atoms with van der Waals surface area (Å²) in [6.45, 7) is 2.65. The zero-order valence-corrected chi connectivity index (χ0v) is 12.6. The Hall–Kier alpha value is -1.07. The zero-order valence-electron chi connectivity index (χ0n) is 11.8. The first-order valence-corrected chi connectivity index (χ1v) is 6.59. The summed E-state index contributed by atoms with van der Waals surface area (Å²) in [5.41, 5.74) is 2.45. The second-order valence-electron chi connectivity index (χ2n) is 5.08. The Morgan fingerprint density at radius 3 is 3.05 bits per heavy atom. The van der Waals surface area contributed by atoms with Gasteiger partial charge >= 0.3 is 0 Å². The number of rotatable bonds is 4. The van der Waals surface area contributed by atoms with Crippen molar-refractivity contribution in [2.75, 3.05) is 13.6 Å². The Kier molecular flexibility index (Phi) is 5.82. The number of halogens is 1. The first-order valence-electron chi connectivity index (χ1n) is 6.59. The standard InChI is InChI=1S/C13H22N4O.ClH/c1-9(7-14-2)13(18)16-11-5-4-6-12-10(11)8-15-17(12)3;/h8-9,11,14H,4-7H2,1-3H3,(H,16,18);1H. The molecule has 0 saturated carbocycles. The van der Waals surface area contributed by atoms with Gasteiger partial charge in [0.15, 0.2) is 0 Å². The Morgan fingerprint density at radius 2 is 2.37 bits per heavy atom. The molecule has 1 amide bonds. The molecule has 0 aliphatic heterocycles. The molecule has 19 heavy (non-hydrogen) atoms. The number of hydrogen-bond acceptors (Lipinski definition) is 3. The molecule has 1 aromatic heterocycles. The first kappa shape index (κ1) is 16.0. The molecule has 0 aromatic carbocycles. The van der Waals surface area contributed by atoms with Crippen LogP contribution in [0, 0.1) is 5.92 Å². The van der Waals surface area contributed by atoms with Gasteiger partial charge in [0, 0.05) is 30.8 Å². The molecule has 2 N–H and O–H groups in total. The van der Waals surface area contributed by atoms with Crippen molar-refractivity contribution >= 4 is 18.3 Å². The number of nitrogens with one attached hydrogen (secondary N) is 2. The van der Waals surface area contributed by atoms with Crippen molar-refractivity contribution in [1.82, 2.24) is 20.4 Å². The molecule has 0 spiro atoms. The van der Waals surface area contributed by atoms with E-state index in [1.165, 1.54) is 11.3 Å². The molecule has 1 aliphatic rings. The van der Waals surface area contributed by atoms with E-state index >= 15 is 0 Å². The lowest BCUT2D eigenvalue weighted by atomic mass is 9.92. The van der Waals surface area contributed by atoms with Crippen molar-refractivity contribution < 1.29 is 4.79 Å². The average Bonchev–Trinajstić information content (AvgIpc) is 2.73. The maximum atomic E-state index is 12.0. The highest BCUT2D eigenvalue weighted by atomic mass is 35.5. The summed E-state index contributed by atoms with van der Waals surface area (Å²) in [6, 6.07) is 0.134. The summed E-state index contributed by atoms with van der Waals surface area (Å²) in [7, 11) is 3.83. The van der Waals surface area contributed by atoms with Crippen LogP contribution < -0.4 is 10.6 Å². The van der Waals surface area contributed by atoms with Crippen molar-refractivity contribution in [2.24, 2.45) is 13.0 Å². The molecular weight excluding hydrogens is 264 g/mol. The molecule has 2 rings (SSSR count). The van der Waals surface area contributed by atoms with Gasteiger partial charge in [-0.05, 0) is 26.3 Å². The Bertz CT molecular complexity index is 432. The average molecular weight is 287 g/mol. The van der Waals surface area contributed by atoms with Crippen LogP contribution in [0.2, 0.25) is 0 Å². The number of carbonyl (C=O) groups is 1. The quantitative estimate of drug-likeness (QED) is 0.874. The maximum Gasteiger partial charge on any atom is 0.224 e. The number of amides is 1. The highest BCUT2D eigenvalue weighted by molar-refractivity contribution is 5.85. The van der Waals surface area contributed by atoms with Gasteiger partial charge < -0.3 is 10.6 Å². The Labute approximate surface area is 120 Å². The number of fused-ring (bicyclic) bond motifs is 1. The molecule has 0 radical (unpaired) electrons. The molecular formula is C13H23ClN4O. The van der Waals surface area contributed by atoms with E-state index < -0.39 is 0 Å². The lowest BCUT2D eigenvalue weighted by Crippen LogP contribution is -2.37. The van der Waals surface area contributed by atoms with Gasteiger partial charge in [-0.1, -0.05) is 6.92 Å². The monoisotopic (exact) mass is 286 g/mol. The fourth-order valence-electron chi connectivity index (χ4n) is 2.57. The predicted molar refractivity (Wildman–Crippen MR) is 77.4 cm³/mol. The van der Waals surface area contributed by atoms with Crippen molar-refractivity contribution in [3.05, 3.63) is 17.5 Å². The summed E-state index contributed by atoms with van der Waals surface area (Å²) in [6.07, 6.45) is 5.07. The minimum absolute atomic E-state index is 0. The normalized spacial score (nSPS) is 19.2. The minimum Gasteiger partial charge on any atom is -0.349 e. The first-order chi connectivity index (χ1) is 8.63. The number of aromatic nitrogens is 2.